The molecule has 10 nitrogen and oxygen atoms in total. The number of amides is 1. The van der Waals surface area contributed by atoms with Crippen molar-refractivity contribution in [3.63, 3.8) is 0 Å². The van der Waals surface area contributed by atoms with E-state index in [2.05, 4.69) is 20.7 Å². The van der Waals surface area contributed by atoms with Gasteiger partial charge in [-0.2, -0.15) is 5.10 Å². The third-order valence-corrected chi connectivity index (χ3v) is 6.48. The molecule has 3 heterocycles. The molecule has 1 unspecified atom stereocenters. The SMILES string of the molecule is [2H]Cn1cc2cc(NC(=O)C(CC)n3cc(OC)c(-c4cc(Cl)ccc4-n4cc(Cl)nn4)cc3=O)ccc2n1. The van der Waals surface area contributed by atoms with Gasteiger partial charge in [0.1, 0.15) is 11.8 Å². The van der Waals surface area contributed by atoms with Crippen LogP contribution in [0.5, 0.6) is 5.75 Å². The molecular formula is C26H23Cl2N7O3. The van der Waals surface area contributed by atoms with Crippen LogP contribution >= 0.6 is 23.2 Å². The topological polar surface area (TPSA) is 109 Å². The van der Waals surface area contributed by atoms with E-state index < -0.39 is 11.6 Å². The molecule has 0 bridgehead atoms. The number of ether oxygens (including phenoxy) is 1. The van der Waals surface area contributed by atoms with Crippen LogP contribution < -0.4 is 15.6 Å². The maximum absolute atomic E-state index is 13.4. The number of aryl methyl sites for hydroxylation is 1. The zero-order valence-electron chi connectivity index (χ0n) is 21.4. The van der Waals surface area contributed by atoms with E-state index in [0.717, 1.165) is 10.9 Å². The number of hydrogen-bond donors (Lipinski definition) is 1. The highest BCUT2D eigenvalue weighted by molar-refractivity contribution is 6.31. The second-order valence-electron chi connectivity index (χ2n) is 8.50. The summed E-state index contributed by atoms with van der Waals surface area (Å²) < 4.78 is 17.5. The van der Waals surface area contributed by atoms with Crippen molar-refractivity contribution in [2.24, 2.45) is 7.02 Å². The van der Waals surface area contributed by atoms with Gasteiger partial charge in [-0.1, -0.05) is 35.3 Å². The van der Waals surface area contributed by atoms with Gasteiger partial charge in [-0.05, 0) is 42.8 Å². The van der Waals surface area contributed by atoms with Gasteiger partial charge in [0.05, 0.1) is 30.7 Å². The summed E-state index contributed by atoms with van der Waals surface area (Å²) in [6, 6.07) is 11.0. The standard InChI is InChI=1S/C26H23Cl2N7O3/c1-4-21(26(37)29-17-6-7-20-15(9-17)12-33(2)31-20)34-13-23(38-3)19(11-25(34)36)18-10-16(27)5-8-22(18)35-14-24(28)30-32-35/h5-14,21H,4H2,1-3H3,(H,29,37)/i2D. The van der Waals surface area contributed by atoms with Gasteiger partial charge in [0.2, 0.25) is 5.91 Å². The molecule has 1 atom stereocenters. The van der Waals surface area contributed by atoms with Crippen molar-refractivity contribution in [2.45, 2.75) is 19.4 Å². The quantitative estimate of drug-likeness (QED) is 0.308. The molecule has 0 fully saturated rings. The second kappa shape index (κ2) is 10.3. The lowest BCUT2D eigenvalue weighted by Crippen LogP contribution is -2.32. The average Bonchev–Trinajstić information content (AvgIpc) is 3.55. The Morgan fingerprint density at radius 2 is 1.97 bits per heavy atom. The van der Waals surface area contributed by atoms with Crippen molar-refractivity contribution in [3.05, 3.63) is 81.6 Å². The van der Waals surface area contributed by atoms with Crippen LogP contribution in [0.25, 0.3) is 27.7 Å². The molecule has 194 valence electrons. The predicted octanol–water partition coefficient (Wildman–Crippen LogP) is 4.89. The van der Waals surface area contributed by atoms with E-state index in [9.17, 15) is 9.59 Å². The van der Waals surface area contributed by atoms with E-state index >= 15 is 0 Å². The lowest BCUT2D eigenvalue weighted by molar-refractivity contribution is -0.119. The lowest BCUT2D eigenvalue weighted by Gasteiger charge is -2.20. The molecule has 38 heavy (non-hydrogen) atoms. The van der Waals surface area contributed by atoms with Crippen molar-refractivity contribution in [2.75, 3.05) is 12.4 Å². The van der Waals surface area contributed by atoms with Gasteiger partial charge >= 0.3 is 0 Å². The van der Waals surface area contributed by atoms with Crippen LogP contribution in [0, 0.1) is 0 Å². The Balaban J connectivity index is 1.51. The van der Waals surface area contributed by atoms with E-state index in [1.807, 2.05) is 6.92 Å². The fourth-order valence-electron chi connectivity index (χ4n) is 4.32. The Labute approximate surface area is 228 Å². The first-order valence-corrected chi connectivity index (χ1v) is 12.3. The second-order valence-corrected chi connectivity index (χ2v) is 9.33. The van der Waals surface area contributed by atoms with Gasteiger partial charge in [-0.15, -0.1) is 5.10 Å². The number of carbonyl (C=O) groups is 1. The van der Waals surface area contributed by atoms with Crippen LogP contribution in [-0.4, -0.2) is 42.4 Å². The lowest BCUT2D eigenvalue weighted by atomic mass is 10.0. The fourth-order valence-corrected chi connectivity index (χ4v) is 4.62. The van der Waals surface area contributed by atoms with Crippen molar-refractivity contribution in [3.8, 4) is 22.6 Å². The minimum absolute atomic E-state index is 0.00170. The van der Waals surface area contributed by atoms with E-state index in [1.54, 1.807) is 42.6 Å². The molecule has 0 saturated heterocycles. The molecule has 0 saturated carbocycles. The number of pyridine rings is 1. The highest BCUT2D eigenvalue weighted by Crippen LogP contribution is 2.35. The Kier molecular flexibility index (Phi) is 6.57. The number of aromatic nitrogens is 6. The number of carbonyl (C=O) groups excluding carboxylic acids is 1. The predicted molar refractivity (Wildman–Crippen MR) is 146 cm³/mol. The molecule has 1 amide bonds. The summed E-state index contributed by atoms with van der Waals surface area (Å²) in [5.41, 5.74) is 2.50. The van der Waals surface area contributed by atoms with Crippen molar-refractivity contribution < 1.29 is 10.9 Å². The fraction of sp³-hybridized carbons (Fsp3) is 0.192. The number of fused-ring (bicyclic) bond motifs is 1. The first-order chi connectivity index (χ1) is 18.8. The maximum atomic E-state index is 13.4. The Morgan fingerprint density at radius 3 is 2.68 bits per heavy atom. The summed E-state index contributed by atoms with van der Waals surface area (Å²) in [5.74, 6) is 0.00199. The summed E-state index contributed by atoms with van der Waals surface area (Å²) >= 11 is 12.3. The third kappa shape index (κ3) is 4.88. The molecule has 3 aromatic heterocycles. The number of nitrogens with one attached hydrogen (secondary N) is 1. The largest absolute Gasteiger partial charge is 0.495 e. The number of halogens is 2. The van der Waals surface area contributed by atoms with Crippen LogP contribution in [-0.2, 0) is 11.8 Å². The highest BCUT2D eigenvalue weighted by atomic mass is 35.5. The number of benzene rings is 2. The zero-order chi connectivity index (χ0) is 27.7. The molecule has 5 rings (SSSR count). The van der Waals surface area contributed by atoms with Crippen molar-refractivity contribution in [1.29, 1.82) is 0 Å². The smallest absolute Gasteiger partial charge is 0.252 e. The third-order valence-electron chi connectivity index (χ3n) is 6.07. The summed E-state index contributed by atoms with van der Waals surface area (Å²) in [4.78, 5) is 26.7. The minimum Gasteiger partial charge on any atom is -0.495 e. The molecule has 2 aromatic carbocycles. The normalized spacial score (nSPS) is 12.4. The molecule has 0 aliphatic carbocycles. The molecular weight excluding hydrogens is 529 g/mol. The highest BCUT2D eigenvalue weighted by Gasteiger charge is 2.23. The molecule has 0 aliphatic rings. The van der Waals surface area contributed by atoms with E-state index in [1.165, 1.54) is 39.5 Å². The Hall–Kier alpha value is -4.15. The monoisotopic (exact) mass is 552 g/mol. The minimum atomic E-state index is -0.805. The van der Waals surface area contributed by atoms with Gasteiger partial charge < -0.3 is 10.1 Å². The van der Waals surface area contributed by atoms with Gasteiger partial charge in [-0.25, -0.2) is 4.68 Å². The van der Waals surface area contributed by atoms with Crippen LogP contribution in [0.15, 0.2) is 65.8 Å². The van der Waals surface area contributed by atoms with Gasteiger partial charge in [0.25, 0.3) is 5.56 Å². The number of anilines is 1. The van der Waals surface area contributed by atoms with Crippen molar-refractivity contribution in [1.82, 2.24) is 29.3 Å². The number of methoxy groups -OCH3 is 1. The van der Waals surface area contributed by atoms with Crippen LogP contribution in [0.4, 0.5) is 5.69 Å². The van der Waals surface area contributed by atoms with E-state index in [-0.39, 0.29) is 18.1 Å². The molecule has 0 radical (unpaired) electrons. The van der Waals surface area contributed by atoms with Crippen LogP contribution in [0.3, 0.4) is 0 Å². The van der Waals surface area contributed by atoms with Gasteiger partial charge in [0, 0.05) is 47.9 Å². The molecule has 5 aromatic rings. The van der Waals surface area contributed by atoms with Crippen LogP contribution in [0.1, 0.15) is 20.8 Å². The molecule has 0 aliphatic heterocycles. The van der Waals surface area contributed by atoms with E-state index in [0.29, 0.717) is 39.7 Å². The first-order valence-electron chi connectivity index (χ1n) is 12.3. The van der Waals surface area contributed by atoms with Gasteiger partial charge in [0.15, 0.2) is 5.15 Å². The van der Waals surface area contributed by atoms with E-state index in [4.69, 9.17) is 29.3 Å². The molecule has 1 N–H and O–H groups in total. The number of nitrogens with zero attached hydrogens (tertiary/aromatic N) is 6. The summed E-state index contributed by atoms with van der Waals surface area (Å²) in [5, 5.41) is 16.5. The summed E-state index contributed by atoms with van der Waals surface area (Å²) in [7, 11) is 1.48. The zero-order valence-corrected chi connectivity index (χ0v) is 21.9. The maximum Gasteiger partial charge on any atom is 0.252 e. The Morgan fingerprint density at radius 1 is 1.13 bits per heavy atom. The number of hydrogen-bond acceptors (Lipinski definition) is 6. The van der Waals surface area contributed by atoms with Gasteiger partial charge in [-0.3, -0.25) is 18.8 Å². The molecule has 12 heteroatoms. The average molecular weight is 553 g/mol. The van der Waals surface area contributed by atoms with Crippen LogP contribution in [0.2, 0.25) is 10.2 Å². The Bertz CT molecular complexity index is 1750. The van der Waals surface area contributed by atoms with Crippen molar-refractivity contribution >= 4 is 45.7 Å². The first kappa shape index (κ1) is 24.2. The summed E-state index contributed by atoms with van der Waals surface area (Å²) in [6.07, 6.45) is 5.15. The summed E-state index contributed by atoms with van der Waals surface area (Å²) in [6.45, 7) is 1.82. The number of rotatable bonds is 7. The molecule has 0 spiro atoms.